The average molecular weight is 345 g/mol. The molecular formula is C21H19N3O2. The summed E-state index contributed by atoms with van der Waals surface area (Å²) < 4.78 is 7.67. The van der Waals surface area contributed by atoms with Crippen LogP contribution in [0.2, 0.25) is 0 Å². The number of rotatable bonds is 5. The second-order valence-electron chi connectivity index (χ2n) is 6.28. The van der Waals surface area contributed by atoms with Gasteiger partial charge < -0.3 is 9.73 Å². The predicted molar refractivity (Wildman–Crippen MR) is 99.9 cm³/mol. The molecule has 4 rings (SSSR count). The first-order valence-corrected chi connectivity index (χ1v) is 8.55. The number of aromatic nitrogens is 2. The summed E-state index contributed by atoms with van der Waals surface area (Å²) >= 11 is 0. The Morgan fingerprint density at radius 2 is 1.96 bits per heavy atom. The van der Waals surface area contributed by atoms with Crippen LogP contribution in [0.15, 0.2) is 77.5 Å². The molecule has 1 atom stereocenters. The third-order valence-corrected chi connectivity index (χ3v) is 4.34. The molecule has 1 N–H and O–H groups in total. The summed E-state index contributed by atoms with van der Waals surface area (Å²) in [6.45, 7) is 2.60. The van der Waals surface area contributed by atoms with Crippen molar-refractivity contribution in [1.29, 1.82) is 0 Å². The number of nitrogens with one attached hydrogen (secondary N) is 1. The highest BCUT2D eigenvalue weighted by molar-refractivity contribution is 5.94. The molecule has 1 unspecified atom stereocenters. The van der Waals surface area contributed by atoms with Crippen molar-refractivity contribution in [3.8, 4) is 0 Å². The van der Waals surface area contributed by atoms with Gasteiger partial charge in [-0.3, -0.25) is 9.48 Å². The summed E-state index contributed by atoms with van der Waals surface area (Å²) in [6.07, 6.45) is 3.66. The number of nitrogens with zero attached hydrogens (tertiary/aromatic N) is 2. The van der Waals surface area contributed by atoms with Crippen molar-refractivity contribution in [3.05, 3.63) is 89.9 Å². The zero-order chi connectivity index (χ0) is 17.9. The second-order valence-corrected chi connectivity index (χ2v) is 6.28. The van der Waals surface area contributed by atoms with Crippen LogP contribution in [0.4, 0.5) is 0 Å². The van der Waals surface area contributed by atoms with E-state index in [0.29, 0.717) is 12.1 Å². The summed E-state index contributed by atoms with van der Waals surface area (Å²) in [7, 11) is 0. The van der Waals surface area contributed by atoms with E-state index in [4.69, 9.17) is 4.42 Å². The maximum absolute atomic E-state index is 12.5. The van der Waals surface area contributed by atoms with Crippen molar-refractivity contribution in [2.24, 2.45) is 0 Å². The lowest BCUT2D eigenvalue weighted by atomic mass is 10.1. The van der Waals surface area contributed by atoms with Crippen molar-refractivity contribution in [2.75, 3.05) is 0 Å². The van der Waals surface area contributed by atoms with Crippen molar-refractivity contribution >= 4 is 16.9 Å². The topological polar surface area (TPSA) is 60.1 Å². The fourth-order valence-electron chi connectivity index (χ4n) is 2.91. The normalized spacial score (nSPS) is 12.2. The van der Waals surface area contributed by atoms with Crippen LogP contribution in [-0.2, 0) is 6.54 Å². The molecule has 0 bridgehead atoms. The Balaban J connectivity index is 1.43. The van der Waals surface area contributed by atoms with Gasteiger partial charge >= 0.3 is 0 Å². The van der Waals surface area contributed by atoms with Crippen LogP contribution in [0.25, 0.3) is 11.0 Å². The van der Waals surface area contributed by atoms with E-state index in [2.05, 4.69) is 10.4 Å². The molecule has 0 saturated carbocycles. The highest BCUT2D eigenvalue weighted by atomic mass is 16.3. The Morgan fingerprint density at radius 1 is 1.15 bits per heavy atom. The number of para-hydroxylation sites is 1. The second kappa shape index (κ2) is 6.88. The maximum atomic E-state index is 12.5. The molecule has 4 aromatic rings. The van der Waals surface area contributed by atoms with Crippen LogP contribution in [0.5, 0.6) is 0 Å². The molecule has 0 aliphatic heterocycles. The minimum atomic E-state index is -0.210. The van der Waals surface area contributed by atoms with Gasteiger partial charge in [0.1, 0.15) is 11.3 Å². The van der Waals surface area contributed by atoms with Crippen molar-refractivity contribution in [3.63, 3.8) is 0 Å². The lowest BCUT2D eigenvalue weighted by Crippen LogP contribution is -2.26. The molecule has 2 aromatic heterocycles. The Hall–Kier alpha value is -3.34. The largest absolute Gasteiger partial charge is 0.459 e. The van der Waals surface area contributed by atoms with Gasteiger partial charge in [0.05, 0.1) is 12.6 Å². The van der Waals surface area contributed by atoms with Gasteiger partial charge in [-0.15, -0.1) is 0 Å². The van der Waals surface area contributed by atoms with Crippen molar-refractivity contribution in [1.82, 2.24) is 15.1 Å². The molecule has 2 aromatic carbocycles. The van der Waals surface area contributed by atoms with Crippen LogP contribution in [0, 0.1) is 0 Å². The molecule has 0 saturated heterocycles. The summed E-state index contributed by atoms with van der Waals surface area (Å²) in [4.78, 5) is 12.5. The lowest BCUT2D eigenvalue weighted by Gasteiger charge is -2.12. The first-order chi connectivity index (χ1) is 12.7. The van der Waals surface area contributed by atoms with Gasteiger partial charge in [0.25, 0.3) is 5.91 Å². The van der Waals surface area contributed by atoms with E-state index in [1.807, 2.05) is 78.5 Å². The van der Waals surface area contributed by atoms with Crippen LogP contribution < -0.4 is 5.32 Å². The quantitative estimate of drug-likeness (QED) is 0.590. The number of benzene rings is 2. The van der Waals surface area contributed by atoms with Crippen molar-refractivity contribution in [2.45, 2.75) is 19.5 Å². The standard InChI is InChI=1S/C21H19N3O2/c1-15(20-13-18-5-2-3-6-19(18)26-20)23-21(25)17-9-7-16(8-10-17)14-24-12-4-11-22-24/h2-13,15H,14H2,1H3,(H,23,25). The molecule has 0 spiro atoms. The lowest BCUT2D eigenvalue weighted by molar-refractivity contribution is 0.0935. The molecule has 26 heavy (non-hydrogen) atoms. The minimum Gasteiger partial charge on any atom is -0.459 e. The Kier molecular flexibility index (Phi) is 4.27. The van der Waals surface area contributed by atoms with Gasteiger partial charge in [0.2, 0.25) is 0 Å². The summed E-state index contributed by atoms with van der Waals surface area (Å²) in [6, 6.07) is 19.0. The average Bonchev–Trinajstić information content (AvgIpc) is 3.31. The zero-order valence-electron chi connectivity index (χ0n) is 14.4. The van der Waals surface area contributed by atoms with Gasteiger partial charge in [0.15, 0.2) is 0 Å². The number of hydrogen-bond acceptors (Lipinski definition) is 3. The highest BCUT2D eigenvalue weighted by Crippen LogP contribution is 2.23. The van der Waals surface area contributed by atoms with E-state index >= 15 is 0 Å². The van der Waals surface area contributed by atoms with Gasteiger partial charge in [0, 0.05) is 23.3 Å². The van der Waals surface area contributed by atoms with E-state index < -0.39 is 0 Å². The van der Waals surface area contributed by atoms with E-state index in [0.717, 1.165) is 22.3 Å². The minimum absolute atomic E-state index is 0.122. The van der Waals surface area contributed by atoms with Gasteiger partial charge in [-0.05, 0) is 42.8 Å². The number of carbonyl (C=O) groups excluding carboxylic acids is 1. The Labute approximate surface area is 151 Å². The third-order valence-electron chi connectivity index (χ3n) is 4.34. The molecule has 0 aliphatic carbocycles. The van der Waals surface area contributed by atoms with Crippen LogP contribution >= 0.6 is 0 Å². The van der Waals surface area contributed by atoms with Crippen LogP contribution in [-0.4, -0.2) is 15.7 Å². The number of carbonyl (C=O) groups is 1. The third kappa shape index (κ3) is 3.37. The zero-order valence-corrected chi connectivity index (χ0v) is 14.4. The van der Waals surface area contributed by atoms with Crippen molar-refractivity contribution < 1.29 is 9.21 Å². The summed E-state index contributed by atoms with van der Waals surface area (Å²) in [5.74, 6) is 0.624. The molecule has 5 heteroatoms. The smallest absolute Gasteiger partial charge is 0.251 e. The van der Waals surface area contributed by atoms with Gasteiger partial charge in [-0.25, -0.2) is 0 Å². The molecule has 0 aliphatic rings. The first-order valence-electron chi connectivity index (χ1n) is 8.55. The Morgan fingerprint density at radius 3 is 2.69 bits per heavy atom. The van der Waals surface area contributed by atoms with E-state index in [1.54, 1.807) is 6.20 Å². The van der Waals surface area contributed by atoms with E-state index in [1.165, 1.54) is 0 Å². The molecule has 0 radical (unpaired) electrons. The molecule has 2 heterocycles. The predicted octanol–water partition coefficient (Wildman–Crippen LogP) is 4.17. The molecule has 0 fully saturated rings. The maximum Gasteiger partial charge on any atom is 0.251 e. The summed E-state index contributed by atoms with van der Waals surface area (Å²) in [5, 5.41) is 8.21. The number of hydrogen-bond donors (Lipinski definition) is 1. The molecule has 5 nitrogen and oxygen atoms in total. The summed E-state index contributed by atoms with van der Waals surface area (Å²) in [5.41, 5.74) is 2.54. The number of amides is 1. The SMILES string of the molecule is CC(NC(=O)c1ccc(Cn2cccn2)cc1)c1cc2ccccc2o1. The number of fused-ring (bicyclic) bond motifs is 1. The highest BCUT2D eigenvalue weighted by Gasteiger charge is 2.15. The fourth-order valence-corrected chi connectivity index (χ4v) is 2.91. The Bertz CT molecular complexity index is 984. The van der Waals surface area contributed by atoms with E-state index in [-0.39, 0.29) is 11.9 Å². The number of furan rings is 1. The van der Waals surface area contributed by atoms with Gasteiger partial charge in [-0.2, -0.15) is 5.10 Å². The van der Waals surface area contributed by atoms with Gasteiger partial charge in [-0.1, -0.05) is 30.3 Å². The monoisotopic (exact) mass is 345 g/mol. The molecule has 130 valence electrons. The van der Waals surface area contributed by atoms with Crippen LogP contribution in [0.3, 0.4) is 0 Å². The van der Waals surface area contributed by atoms with Crippen LogP contribution in [0.1, 0.15) is 34.6 Å². The first kappa shape index (κ1) is 16.1. The molecule has 1 amide bonds. The molecular weight excluding hydrogens is 326 g/mol. The van der Waals surface area contributed by atoms with E-state index in [9.17, 15) is 4.79 Å². The fraction of sp³-hybridized carbons (Fsp3) is 0.143.